The molecule has 0 atom stereocenters. The number of ether oxygens (including phenoxy) is 1. The first-order chi connectivity index (χ1) is 13.5. The van der Waals surface area contributed by atoms with Crippen molar-refractivity contribution in [2.45, 2.75) is 6.54 Å². The maximum atomic E-state index is 12.2. The fourth-order valence-corrected chi connectivity index (χ4v) is 2.99. The number of halogens is 1. The van der Waals surface area contributed by atoms with Gasteiger partial charge in [-0.05, 0) is 41.8 Å². The van der Waals surface area contributed by atoms with Crippen LogP contribution in [0.5, 0.6) is 0 Å². The smallest absolute Gasteiger partial charge is 0.338 e. The molecule has 28 heavy (non-hydrogen) atoms. The lowest BCUT2D eigenvalue weighted by Gasteiger charge is -2.09. The van der Waals surface area contributed by atoms with Crippen molar-refractivity contribution in [2.24, 2.45) is 0 Å². The second-order valence-electron chi connectivity index (χ2n) is 5.56. The van der Waals surface area contributed by atoms with Gasteiger partial charge in [-0.2, -0.15) is 0 Å². The van der Waals surface area contributed by atoms with E-state index in [1.54, 1.807) is 29.6 Å². The van der Waals surface area contributed by atoms with Gasteiger partial charge in [0.2, 0.25) is 0 Å². The highest BCUT2D eigenvalue weighted by molar-refractivity contribution is 7.12. The lowest BCUT2D eigenvalue weighted by Crippen LogP contribution is -2.28. The zero-order valence-corrected chi connectivity index (χ0v) is 16.0. The van der Waals surface area contributed by atoms with Crippen molar-refractivity contribution in [3.05, 3.63) is 75.3 Å². The highest BCUT2D eigenvalue weighted by Gasteiger charge is 2.15. The lowest BCUT2D eigenvalue weighted by atomic mass is 10.2. The van der Waals surface area contributed by atoms with Crippen molar-refractivity contribution in [1.82, 2.24) is 5.32 Å². The topological polar surface area (TPSA) is 97.6 Å². The Morgan fingerprint density at radius 2 is 2.00 bits per heavy atom. The molecule has 1 aromatic carbocycles. The molecular formula is C19H15ClN2O5S. The van der Waals surface area contributed by atoms with Crippen LogP contribution < -0.4 is 10.6 Å². The fourth-order valence-electron chi connectivity index (χ4n) is 2.20. The Kier molecular flexibility index (Phi) is 6.46. The first kappa shape index (κ1) is 19.7. The van der Waals surface area contributed by atoms with Crippen LogP contribution >= 0.6 is 22.9 Å². The van der Waals surface area contributed by atoms with Crippen molar-refractivity contribution >= 4 is 46.4 Å². The number of nitrogens with one attached hydrogen (secondary N) is 2. The number of rotatable bonds is 7. The summed E-state index contributed by atoms with van der Waals surface area (Å²) in [6.45, 7) is -0.248. The predicted octanol–water partition coefficient (Wildman–Crippen LogP) is 3.72. The van der Waals surface area contributed by atoms with Gasteiger partial charge in [0.05, 0.1) is 34.0 Å². The van der Waals surface area contributed by atoms with E-state index < -0.39 is 18.5 Å². The van der Waals surface area contributed by atoms with Crippen LogP contribution in [0.4, 0.5) is 5.69 Å². The molecule has 7 nitrogen and oxygen atoms in total. The van der Waals surface area contributed by atoms with Gasteiger partial charge in [-0.3, -0.25) is 9.59 Å². The third kappa shape index (κ3) is 5.21. The predicted molar refractivity (Wildman–Crippen MR) is 105 cm³/mol. The molecule has 2 heterocycles. The second-order valence-corrected chi connectivity index (χ2v) is 6.91. The minimum absolute atomic E-state index is 0.157. The van der Waals surface area contributed by atoms with E-state index in [0.717, 1.165) is 0 Å². The summed E-state index contributed by atoms with van der Waals surface area (Å²) >= 11 is 7.37. The molecule has 0 aliphatic heterocycles. The molecule has 0 aliphatic carbocycles. The Balaban J connectivity index is 1.56. The maximum Gasteiger partial charge on any atom is 0.338 e. The number of anilines is 1. The second kappa shape index (κ2) is 9.20. The van der Waals surface area contributed by atoms with Crippen LogP contribution in [0.3, 0.4) is 0 Å². The lowest BCUT2D eigenvalue weighted by molar-refractivity contribution is -0.124. The summed E-state index contributed by atoms with van der Waals surface area (Å²) < 4.78 is 10.1. The summed E-state index contributed by atoms with van der Waals surface area (Å²) in [4.78, 5) is 36.6. The SMILES string of the molecule is O=C(COC(=O)c1ccc(Cl)c(NC(=O)c2cccs2)c1)NCc1ccco1. The van der Waals surface area contributed by atoms with Gasteiger partial charge in [-0.15, -0.1) is 11.3 Å². The quantitative estimate of drug-likeness (QED) is 0.570. The molecule has 0 radical (unpaired) electrons. The molecule has 3 aromatic rings. The van der Waals surface area contributed by atoms with Crippen molar-refractivity contribution in [3.8, 4) is 0 Å². The fraction of sp³-hybridized carbons (Fsp3) is 0.105. The van der Waals surface area contributed by atoms with Gasteiger partial charge in [0.15, 0.2) is 6.61 Å². The summed E-state index contributed by atoms with van der Waals surface area (Å²) in [5.74, 6) is -0.926. The van der Waals surface area contributed by atoms with Crippen LogP contribution in [0.1, 0.15) is 25.8 Å². The standard InChI is InChI=1S/C19H15ClN2O5S/c20-14-6-5-12(9-15(14)22-18(24)16-4-2-8-28-16)19(25)27-11-17(23)21-10-13-3-1-7-26-13/h1-9H,10-11H2,(H,21,23)(H,22,24). The summed E-state index contributed by atoms with van der Waals surface area (Å²) in [6.07, 6.45) is 1.50. The van der Waals surface area contributed by atoms with Crippen molar-refractivity contribution in [3.63, 3.8) is 0 Å². The monoisotopic (exact) mass is 418 g/mol. The van der Waals surface area contributed by atoms with Gasteiger partial charge < -0.3 is 19.8 Å². The first-order valence-electron chi connectivity index (χ1n) is 8.13. The van der Waals surface area contributed by atoms with Crippen LogP contribution in [0.25, 0.3) is 0 Å². The Bertz CT molecular complexity index is 970. The third-order valence-electron chi connectivity index (χ3n) is 3.57. The molecule has 0 spiro atoms. The van der Waals surface area contributed by atoms with Crippen LogP contribution in [0, 0.1) is 0 Å². The van der Waals surface area contributed by atoms with Gasteiger partial charge in [-0.25, -0.2) is 4.79 Å². The minimum atomic E-state index is -0.712. The number of furan rings is 1. The summed E-state index contributed by atoms with van der Waals surface area (Å²) in [6, 6.07) is 11.2. The number of carbonyl (C=O) groups is 3. The molecule has 2 N–H and O–H groups in total. The Morgan fingerprint density at radius 3 is 2.71 bits per heavy atom. The van der Waals surface area contributed by atoms with E-state index in [1.165, 1.54) is 35.8 Å². The molecule has 0 fully saturated rings. The van der Waals surface area contributed by atoms with Gasteiger partial charge in [0, 0.05) is 0 Å². The van der Waals surface area contributed by atoms with Gasteiger partial charge in [0.1, 0.15) is 5.76 Å². The first-order valence-corrected chi connectivity index (χ1v) is 9.39. The number of thiophene rings is 1. The summed E-state index contributed by atoms with van der Waals surface area (Å²) in [5, 5.41) is 7.27. The molecule has 0 saturated carbocycles. The largest absolute Gasteiger partial charge is 0.467 e. The molecule has 2 amide bonds. The average molecular weight is 419 g/mol. The average Bonchev–Trinajstić information content (AvgIpc) is 3.40. The number of carbonyl (C=O) groups excluding carboxylic acids is 3. The van der Waals surface area contributed by atoms with Gasteiger partial charge in [-0.1, -0.05) is 17.7 Å². The van der Waals surface area contributed by atoms with E-state index in [1.807, 2.05) is 0 Å². The van der Waals surface area contributed by atoms with E-state index in [4.69, 9.17) is 20.8 Å². The number of hydrogen-bond donors (Lipinski definition) is 2. The molecular weight excluding hydrogens is 404 g/mol. The molecule has 0 aliphatic rings. The normalized spacial score (nSPS) is 10.3. The van der Waals surface area contributed by atoms with Crippen molar-refractivity contribution in [1.29, 1.82) is 0 Å². The number of hydrogen-bond acceptors (Lipinski definition) is 6. The third-order valence-corrected chi connectivity index (χ3v) is 4.77. The number of esters is 1. The number of amides is 2. The van der Waals surface area contributed by atoms with Crippen LogP contribution in [0.15, 0.2) is 58.5 Å². The zero-order valence-electron chi connectivity index (χ0n) is 14.4. The van der Waals surface area contributed by atoms with Crippen LogP contribution in [-0.2, 0) is 16.1 Å². The van der Waals surface area contributed by atoms with Gasteiger partial charge in [0.25, 0.3) is 11.8 Å². The van der Waals surface area contributed by atoms with E-state index in [2.05, 4.69) is 10.6 Å². The Labute approximate surface area is 169 Å². The van der Waals surface area contributed by atoms with E-state index >= 15 is 0 Å². The zero-order chi connectivity index (χ0) is 19.9. The number of benzene rings is 1. The van der Waals surface area contributed by atoms with Crippen molar-refractivity contribution in [2.75, 3.05) is 11.9 Å². The van der Waals surface area contributed by atoms with Crippen molar-refractivity contribution < 1.29 is 23.5 Å². The van der Waals surface area contributed by atoms with Crippen LogP contribution in [0.2, 0.25) is 5.02 Å². The Hall–Kier alpha value is -3.10. The molecule has 0 saturated heterocycles. The molecule has 0 unspecified atom stereocenters. The van der Waals surface area contributed by atoms with Gasteiger partial charge >= 0.3 is 5.97 Å². The Morgan fingerprint density at radius 1 is 1.14 bits per heavy atom. The molecule has 0 bridgehead atoms. The highest BCUT2D eigenvalue weighted by Crippen LogP contribution is 2.24. The van der Waals surface area contributed by atoms with Crippen LogP contribution in [-0.4, -0.2) is 24.4 Å². The maximum absolute atomic E-state index is 12.2. The van der Waals surface area contributed by atoms with E-state index in [9.17, 15) is 14.4 Å². The molecule has 2 aromatic heterocycles. The highest BCUT2D eigenvalue weighted by atomic mass is 35.5. The van der Waals surface area contributed by atoms with E-state index in [-0.39, 0.29) is 28.7 Å². The molecule has 144 valence electrons. The summed E-state index contributed by atoms with van der Waals surface area (Å²) in [5.41, 5.74) is 0.432. The van der Waals surface area contributed by atoms with E-state index in [0.29, 0.717) is 10.6 Å². The minimum Gasteiger partial charge on any atom is -0.467 e. The molecule has 3 rings (SSSR count). The molecule has 9 heteroatoms. The summed E-state index contributed by atoms with van der Waals surface area (Å²) in [7, 11) is 0.